The Labute approximate surface area is 365 Å². The van der Waals surface area contributed by atoms with Gasteiger partial charge in [0, 0.05) is 50.5 Å². The highest BCUT2D eigenvalue weighted by Gasteiger charge is 2.20. The molecule has 8 heteroatoms. The average molecular weight is 820 g/mol. The highest BCUT2D eigenvalue weighted by atomic mass is 16.3. The Bertz CT molecular complexity index is 3920. The zero-order chi connectivity index (χ0) is 42.1. The number of rotatable bonds is 6. The molecule has 0 aliphatic carbocycles. The lowest BCUT2D eigenvalue weighted by molar-refractivity contribution is 0.652. The fraction of sp³-hybridized carbons (Fsp3) is 0. The molecule has 8 aromatic carbocycles. The smallest absolute Gasteiger partial charge is 0.229 e. The van der Waals surface area contributed by atoms with Crippen LogP contribution in [-0.4, -0.2) is 34.5 Å². The SMILES string of the molecule is c1ccc(-c2nc(-c3ccc(-c4nc(-c5ccc6cc7ccccc7cc6c5)nc5c4oc4ncccc45)cc3)nc(-c3cccc(-n4c5ccccc5c5ccccc54)c3)n2)cc1. The summed E-state index contributed by atoms with van der Waals surface area (Å²) in [4.78, 5) is 30.1. The Morgan fingerprint density at radius 1 is 0.359 bits per heavy atom. The van der Waals surface area contributed by atoms with Gasteiger partial charge in [0.2, 0.25) is 5.71 Å². The van der Waals surface area contributed by atoms with E-state index in [-0.39, 0.29) is 0 Å². The van der Waals surface area contributed by atoms with Crippen LogP contribution in [0.1, 0.15) is 0 Å². The fourth-order valence-corrected chi connectivity index (χ4v) is 9.00. The largest absolute Gasteiger partial charge is 0.434 e. The number of pyridine rings is 1. The third-order valence-electron chi connectivity index (χ3n) is 12.1. The highest BCUT2D eigenvalue weighted by Crippen LogP contribution is 2.38. The molecule has 0 spiro atoms. The first-order chi connectivity index (χ1) is 31.7. The minimum atomic E-state index is 0.514. The molecule has 13 aromatic rings. The third kappa shape index (κ3) is 5.92. The van der Waals surface area contributed by atoms with Crippen molar-refractivity contribution < 1.29 is 4.42 Å². The van der Waals surface area contributed by atoms with Crippen molar-refractivity contribution >= 4 is 65.6 Å². The second-order valence-electron chi connectivity index (χ2n) is 16.0. The topological polar surface area (TPSA) is 95.4 Å². The lowest BCUT2D eigenvalue weighted by atomic mass is 10.0. The first-order valence-corrected chi connectivity index (χ1v) is 21.2. The van der Waals surface area contributed by atoms with Crippen molar-refractivity contribution in [3.05, 3.63) is 200 Å². The average Bonchev–Trinajstić information content (AvgIpc) is 3.91. The lowest BCUT2D eigenvalue weighted by Gasteiger charge is -2.12. The zero-order valence-corrected chi connectivity index (χ0v) is 34.1. The molecule has 5 heterocycles. The molecule has 0 fully saturated rings. The predicted molar refractivity (Wildman–Crippen MR) is 257 cm³/mol. The summed E-state index contributed by atoms with van der Waals surface area (Å²) in [5.74, 6) is 2.33. The van der Waals surface area contributed by atoms with Gasteiger partial charge >= 0.3 is 0 Å². The van der Waals surface area contributed by atoms with Crippen LogP contribution in [0.15, 0.2) is 205 Å². The van der Waals surface area contributed by atoms with E-state index >= 15 is 0 Å². The summed E-state index contributed by atoms with van der Waals surface area (Å²) < 4.78 is 8.71. The highest BCUT2D eigenvalue weighted by molar-refractivity contribution is 6.09. The van der Waals surface area contributed by atoms with Crippen LogP contribution in [0.25, 0.3) is 128 Å². The van der Waals surface area contributed by atoms with Gasteiger partial charge < -0.3 is 8.98 Å². The molecule has 298 valence electrons. The normalized spacial score (nSPS) is 11.8. The molecule has 13 rings (SSSR count). The first kappa shape index (κ1) is 35.8. The molecular weight excluding hydrogens is 787 g/mol. The van der Waals surface area contributed by atoms with Crippen LogP contribution in [0.5, 0.6) is 0 Å². The van der Waals surface area contributed by atoms with Crippen LogP contribution < -0.4 is 0 Å². The van der Waals surface area contributed by atoms with E-state index in [1.807, 2.05) is 66.7 Å². The monoisotopic (exact) mass is 819 g/mol. The number of fused-ring (bicyclic) bond motifs is 8. The summed E-state index contributed by atoms with van der Waals surface area (Å²) in [5, 5.41) is 7.92. The van der Waals surface area contributed by atoms with Gasteiger partial charge in [-0.1, -0.05) is 140 Å². The van der Waals surface area contributed by atoms with Gasteiger partial charge in [-0.2, -0.15) is 0 Å². The zero-order valence-electron chi connectivity index (χ0n) is 34.1. The lowest BCUT2D eigenvalue weighted by Crippen LogP contribution is -2.01. The second-order valence-corrected chi connectivity index (χ2v) is 16.0. The summed E-state index contributed by atoms with van der Waals surface area (Å²) in [6.07, 6.45) is 1.73. The third-order valence-corrected chi connectivity index (χ3v) is 12.1. The molecule has 0 saturated carbocycles. The minimum Gasteiger partial charge on any atom is -0.434 e. The maximum atomic E-state index is 6.40. The van der Waals surface area contributed by atoms with Crippen molar-refractivity contribution in [1.82, 2.24) is 34.5 Å². The number of aromatic nitrogens is 7. The summed E-state index contributed by atoms with van der Waals surface area (Å²) in [5.41, 5.74) is 10.2. The molecule has 0 radical (unpaired) electrons. The van der Waals surface area contributed by atoms with E-state index in [1.165, 1.54) is 21.5 Å². The predicted octanol–water partition coefficient (Wildman–Crippen LogP) is 13.7. The molecule has 0 saturated heterocycles. The second kappa shape index (κ2) is 14.4. The van der Waals surface area contributed by atoms with Gasteiger partial charge in [-0.15, -0.1) is 0 Å². The maximum absolute atomic E-state index is 6.40. The Morgan fingerprint density at radius 3 is 1.66 bits per heavy atom. The summed E-state index contributed by atoms with van der Waals surface area (Å²) >= 11 is 0. The van der Waals surface area contributed by atoms with Crippen LogP contribution in [0, 0.1) is 0 Å². The van der Waals surface area contributed by atoms with Crippen molar-refractivity contribution in [2.24, 2.45) is 0 Å². The number of benzene rings is 8. The van der Waals surface area contributed by atoms with Crippen molar-refractivity contribution in [3.8, 4) is 62.5 Å². The van der Waals surface area contributed by atoms with Crippen LogP contribution in [0.2, 0.25) is 0 Å². The summed E-state index contributed by atoms with van der Waals surface area (Å²) in [6, 6.07) is 66.9. The Hall–Kier alpha value is -8.88. The van der Waals surface area contributed by atoms with Crippen LogP contribution in [-0.2, 0) is 0 Å². The molecule has 0 atom stereocenters. The first-order valence-electron chi connectivity index (χ1n) is 21.2. The molecule has 0 aliphatic rings. The van der Waals surface area contributed by atoms with E-state index in [0.717, 1.165) is 60.7 Å². The molecular formula is C56H33N7O. The molecule has 8 nitrogen and oxygen atoms in total. The standard InChI is InChI=1S/C56H33N7O/c1-2-12-35(13-3-1)52-60-53(62-55(61-52)40-16-10-17-43(33-40)63-47-21-8-6-18-44(47)45-19-7-9-22-48(45)63)36-25-23-34(24-26-36)49-51-50(46-20-11-29-57-56(46)64-51)59-54(58-49)41-28-27-39-30-37-14-4-5-15-38(37)31-42(39)32-41/h1-33H. The summed E-state index contributed by atoms with van der Waals surface area (Å²) in [7, 11) is 0. The number of furan rings is 1. The van der Waals surface area contributed by atoms with E-state index in [9.17, 15) is 0 Å². The van der Waals surface area contributed by atoms with Crippen molar-refractivity contribution in [2.45, 2.75) is 0 Å². The number of nitrogens with zero attached hydrogens (tertiary/aromatic N) is 7. The molecule has 0 bridgehead atoms. The molecule has 5 aromatic heterocycles. The quantitative estimate of drug-likeness (QED) is 0.154. The maximum Gasteiger partial charge on any atom is 0.229 e. The molecule has 0 unspecified atom stereocenters. The summed E-state index contributed by atoms with van der Waals surface area (Å²) in [6.45, 7) is 0. The molecule has 64 heavy (non-hydrogen) atoms. The van der Waals surface area contributed by atoms with Crippen molar-refractivity contribution in [1.29, 1.82) is 0 Å². The number of hydrogen-bond donors (Lipinski definition) is 0. The van der Waals surface area contributed by atoms with E-state index in [0.29, 0.717) is 45.8 Å². The molecule has 0 N–H and O–H groups in total. The van der Waals surface area contributed by atoms with Gasteiger partial charge in [-0.25, -0.2) is 29.9 Å². The van der Waals surface area contributed by atoms with Crippen LogP contribution in [0.4, 0.5) is 0 Å². The van der Waals surface area contributed by atoms with Gasteiger partial charge in [0.1, 0.15) is 11.2 Å². The van der Waals surface area contributed by atoms with Gasteiger partial charge in [-0.05, 0) is 76.1 Å². The van der Waals surface area contributed by atoms with E-state index in [4.69, 9.17) is 29.3 Å². The van der Waals surface area contributed by atoms with Gasteiger partial charge in [0.15, 0.2) is 28.9 Å². The fourth-order valence-electron chi connectivity index (χ4n) is 9.00. The Balaban J connectivity index is 0.931. The minimum absolute atomic E-state index is 0.514. The molecule has 0 amide bonds. The van der Waals surface area contributed by atoms with Crippen LogP contribution in [0.3, 0.4) is 0 Å². The van der Waals surface area contributed by atoms with Crippen molar-refractivity contribution in [2.75, 3.05) is 0 Å². The molecule has 0 aliphatic heterocycles. The van der Waals surface area contributed by atoms with E-state index in [1.54, 1.807) is 6.20 Å². The number of para-hydroxylation sites is 2. The van der Waals surface area contributed by atoms with Gasteiger partial charge in [0.05, 0.1) is 16.4 Å². The van der Waals surface area contributed by atoms with Crippen molar-refractivity contribution in [3.63, 3.8) is 0 Å². The van der Waals surface area contributed by atoms with E-state index < -0.39 is 0 Å². The Morgan fingerprint density at radius 2 is 0.906 bits per heavy atom. The van der Waals surface area contributed by atoms with Gasteiger partial charge in [0.25, 0.3) is 0 Å². The number of hydrogen-bond acceptors (Lipinski definition) is 7. The Kier molecular flexibility index (Phi) is 8.04. The van der Waals surface area contributed by atoms with E-state index in [2.05, 4.69) is 137 Å². The van der Waals surface area contributed by atoms with Gasteiger partial charge in [-0.3, -0.25) is 0 Å². The van der Waals surface area contributed by atoms with Crippen LogP contribution >= 0.6 is 0 Å².